The maximum absolute atomic E-state index is 13.0. The van der Waals surface area contributed by atoms with Crippen molar-refractivity contribution in [1.29, 1.82) is 0 Å². The average Bonchev–Trinajstić information content (AvgIpc) is 2.70. The highest BCUT2D eigenvalue weighted by atomic mass is 19.1. The average molecular weight is 385 g/mol. The van der Waals surface area contributed by atoms with Crippen LogP contribution < -0.4 is 10.6 Å². The van der Waals surface area contributed by atoms with E-state index in [9.17, 15) is 9.18 Å². The number of halogens is 1. The molecule has 5 nitrogen and oxygen atoms in total. The van der Waals surface area contributed by atoms with Gasteiger partial charge in [-0.05, 0) is 36.6 Å². The SMILES string of the molecule is Cc1ccc([C@H](CN2CCOCC2)NC(=O)NCCc2ccc(F)cc2)cc1. The largest absolute Gasteiger partial charge is 0.379 e. The van der Waals surface area contributed by atoms with Crippen molar-refractivity contribution in [3.63, 3.8) is 0 Å². The molecule has 0 unspecified atom stereocenters. The summed E-state index contributed by atoms with van der Waals surface area (Å²) in [7, 11) is 0. The van der Waals surface area contributed by atoms with Crippen molar-refractivity contribution in [3.8, 4) is 0 Å². The Labute approximate surface area is 165 Å². The Morgan fingerprint density at radius 2 is 1.79 bits per heavy atom. The molecule has 28 heavy (non-hydrogen) atoms. The normalized spacial score (nSPS) is 15.8. The van der Waals surface area contributed by atoms with E-state index in [4.69, 9.17) is 4.74 Å². The van der Waals surface area contributed by atoms with Crippen molar-refractivity contribution >= 4 is 6.03 Å². The summed E-state index contributed by atoms with van der Waals surface area (Å²) in [6.07, 6.45) is 0.659. The predicted molar refractivity (Wildman–Crippen MR) is 108 cm³/mol. The number of benzene rings is 2. The Balaban J connectivity index is 1.55. The number of nitrogens with one attached hydrogen (secondary N) is 2. The van der Waals surface area contributed by atoms with Crippen LogP contribution >= 0.6 is 0 Å². The first-order valence-corrected chi connectivity index (χ1v) is 9.75. The van der Waals surface area contributed by atoms with E-state index >= 15 is 0 Å². The van der Waals surface area contributed by atoms with E-state index in [-0.39, 0.29) is 17.9 Å². The summed E-state index contributed by atoms with van der Waals surface area (Å²) in [6.45, 7) is 6.49. The highest BCUT2D eigenvalue weighted by Crippen LogP contribution is 2.16. The van der Waals surface area contributed by atoms with E-state index in [2.05, 4.69) is 46.7 Å². The van der Waals surface area contributed by atoms with Crippen LogP contribution in [0.4, 0.5) is 9.18 Å². The summed E-state index contributed by atoms with van der Waals surface area (Å²) in [5.41, 5.74) is 3.27. The number of amides is 2. The molecular formula is C22H28FN3O2. The van der Waals surface area contributed by atoms with Crippen LogP contribution in [0.2, 0.25) is 0 Å². The number of carbonyl (C=O) groups is 1. The highest BCUT2D eigenvalue weighted by molar-refractivity contribution is 5.74. The Hall–Kier alpha value is -2.44. The molecule has 1 aliphatic heterocycles. The molecule has 0 bridgehead atoms. The van der Waals surface area contributed by atoms with Gasteiger partial charge in [-0.1, -0.05) is 42.0 Å². The monoisotopic (exact) mass is 385 g/mol. The van der Waals surface area contributed by atoms with E-state index < -0.39 is 0 Å². The van der Waals surface area contributed by atoms with Crippen molar-refractivity contribution in [3.05, 3.63) is 71.0 Å². The smallest absolute Gasteiger partial charge is 0.315 e. The fraction of sp³-hybridized carbons (Fsp3) is 0.409. The number of ether oxygens (including phenoxy) is 1. The van der Waals surface area contributed by atoms with Crippen LogP contribution in [0, 0.1) is 12.7 Å². The summed E-state index contributed by atoms with van der Waals surface area (Å²) >= 11 is 0. The first-order valence-electron chi connectivity index (χ1n) is 9.75. The third kappa shape index (κ3) is 6.32. The van der Waals surface area contributed by atoms with Gasteiger partial charge in [-0.3, -0.25) is 4.90 Å². The minimum Gasteiger partial charge on any atom is -0.379 e. The number of aryl methyl sites for hydroxylation is 1. The van der Waals surface area contributed by atoms with Gasteiger partial charge < -0.3 is 15.4 Å². The quantitative estimate of drug-likeness (QED) is 0.770. The number of nitrogens with zero attached hydrogens (tertiary/aromatic N) is 1. The highest BCUT2D eigenvalue weighted by Gasteiger charge is 2.20. The van der Waals surface area contributed by atoms with Crippen LogP contribution in [0.25, 0.3) is 0 Å². The molecule has 0 aromatic heterocycles. The molecule has 1 aliphatic rings. The molecule has 1 fully saturated rings. The molecule has 3 rings (SSSR count). The van der Waals surface area contributed by atoms with E-state index in [1.54, 1.807) is 12.1 Å². The lowest BCUT2D eigenvalue weighted by Gasteiger charge is -2.31. The zero-order valence-electron chi connectivity index (χ0n) is 16.3. The lowest BCUT2D eigenvalue weighted by molar-refractivity contribution is 0.0340. The maximum Gasteiger partial charge on any atom is 0.315 e. The van der Waals surface area contributed by atoms with E-state index in [0.717, 1.165) is 44.0 Å². The van der Waals surface area contributed by atoms with Crippen LogP contribution in [-0.4, -0.2) is 50.3 Å². The summed E-state index contributed by atoms with van der Waals surface area (Å²) in [6, 6.07) is 14.3. The molecule has 1 atom stereocenters. The molecule has 0 aliphatic carbocycles. The van der Waals surface area contributed by atoms with Crippen LogP contribution in [0.5, 0.6) is 0 Å². The van der Waals surface area contributed by atoms with Crippen molar-refractivity contribution in [1.82, 2.24) is 15.5 Å². The molecule has 0 saturated carbocycles. The van der Waals surface area contributed by atoms with E-state index in [0.29, 0.717) is 13.0 Å². The van der Waals surface area contributed by atoms with Crippen LogP contribution in [-0.2, 0) is 11.2 Å². The lowest BCUT2D eigenvalue weighted by atomic mass is 10.0. The first-order chi connectivity index (χ1) is 13.6. The maximum atomic E-state index is 13.0. The van der Waals surface area contributed by atoms with Crippen molar-refractivity contribution in [2.24, 2.45) is 0 Å². The number of hydrogen-bond donors (Lipinski definition) is 2. The molecule has 1 heterocycles. The molecule has 0 spiro atoms. The van der Waals surface area contributed by atoms with Gasteiger partial charge in [0.1, 0.15) is 5.82 Å². The van der Waals surface area contributed by atoms with Gasteiger partial charge in [0.2, 0.25) is 0 Å². The van der Waals surface area contributed by atoms with Crippen LogP contribution in [0.1, 0.15) is 22.7 Å². The lowest BCUT2D eigenvalue weighted by Crippen LogP contribution is -2.45. The van der Waals surface area contributed by atoms with Gasteiger partial charge in [-0.2, -0.15) is 0 Å². The van der Waals surface area contributed by atoms with Gasteiger partial charge in [0, 0.05) is 26.2 Å². The van der Waals surface area contributed by atoms with Gasteiger partial charge in [0.25, 0.3) is 0 Å². The van der Waals surface area contributed by atoms with Crippen LogP contribution in [0.3, 0.4) is 0 Å². The Morgan fingerprint density at radius 1 is 1.11 bits per heavy atom. The molecular weight excluding hydrogens is 357 g/mol. The fourth-order valence-electron chi connectivity index (χ4n) is 3.26. The Kier molecular flexibility index (Phi) is 7.39. The van der Waals surface area contributed by atoms with Crippen molar-refractivity contribution in [2.45, 2.75) is 19.4 Å². The standard InChI is InChI=1S/C22H28FN3O2/c1-17-2-6-19(7-3-17)21(16-26-12-14-28-15-13-26)25-22(27)24-11-10-18-4-8-20(23)9-5-18/h2-9,21H,10-16H2,1H3,(H2,24,25,27)/t21-/m0/s1. The summed E-state index contributed by atoms with van der Waals surface area (Å²) in [5.74, 6) is -0.251. The number of rotatable bonds is 7. The zero-order chi connectivity index (χ0) is 19.8. The van der Waals surface area contributed by atoms with Crippen molar-refractivity contribution in [2.75, 3.05) is 39.4 Å². The van der Waals surface area contributed by atoms with Gasteiger partial charge in [0.05, 0.1) is 19.3 Å². The van der Waals surface area contributed by atoms with Crippen molar-refractivity contribution < 1.29 is 13.9 Å². The van der Waals surface area contributed by atoms with Gasteiger partial charge >= 0.3 is 6.03 Å². The number of morpholine rings is 1. The molecule has 2 N–H and O–H groups in total. The van der Waals surface area contributed by atoms with E-state index in [1.807, 2.05) is 0 Å². The van der Waals surface area contributed by atoms with Gasteiger partial charge in [-0.25, -0.2) is 9.18 Å². The molecule has 2 aromatic rings. The minimum atomic E-state index is -0.251. The minimum absolute atomic E-state index is 0.0930. The second kappa shape index (κ2) is 10.2. The summed E-state index contributed by atoms with van der Waals surface area (Å²) in [4.78, 5) is 14.8. The third-order valence-corrected chi connectivity index (χ3v) is 4.94. The predicted octanol–water partition coefficient (Wildman–Crippen LogP) is 3.05. The first kappa shape index (κ1) is 20.3. The Bertz CT molecular complexity index is 743. The molecule has 6 heteroatoms. The number of carbonyl (C=O) groups excluding carboxylic acids is 1. The second-order valence-electron chi connectivity index (χ2n) is 7.15. The topological polar surface area (TPSA) is 53.6 Å². The summed E-state index contributed by atoms with van der Waals surface area (Å²) < 4.78 is 18.4. The number of hydrogen-bond acceptors (Lipinski definition) is 3. The van der Waals surface area contributed by atoms with Crippen LogP contribution in [0.15, 0.2) is 48.5 Å². The Morgan fingerprint density at radius 3 is 2.46 bits per heavy atom. The molecule has 1 saturated heterocycles. The molecule has 2 amide bonds. The molecule has 2 aromatic carbocycles. The van der Waals surface area contributed by atoms with Gasteiger partial charge in [0.15, 0.2) is 0 Å². The fourth-order valence-corrected chi connectivity index (χ4v) is 3.26. The van der Waals surface area contributed by atoms with E-state index in [1.165, 1.54) is 17.7 Å². The third-order valence-electron chi connectivity index (χ3n) is 4.94. The molecule has 0 radical (unpaired) electrons. The molecule has 150 valence electrons. The number of urea groups is 1. The second-order valence-corrected chi connectivity index (χ2v) is 7.15. The summed E-state index contributed by atoms with van der Waals surface area (Å²) in [5, 5.41) is 6.01. The van der Waals surface area contributed by atoms with Gasteiger partial charge in [-0.15, -0.1) is 0 Å². The zero-order valence-corrected chi connectivity index (χ0v) is 16.3.